The van der Waals surface area contributed by atoms with Gasteiger partial charge in [0.15, 0.2) is 0 Å². The van der Waals surface area contributed by atoms with E-state index in [0.717, 1.165) is 19.6 Å². The summed E-state index contributed by atoms with van der Waals surface area (Å²) in [6.07, 6.45) is 5.31. The van der Waals surface area contributed by atoms with Crippen molar-refractivity contribution in [2.24, 2.45) is 5.73 Å². The van der Waals surface area contributed by atoms with E-state index in [1.54, 1.807) is 14.2 Å². The van der Waals surface area contributed by atoms with Crippen molar-refractivity contribution in [2.45, 2.75) is 43.4 Å². The van der Waals surface area contributed by atoms with Crippen LogP contribution in [0.15, 0.2) is 0 Å². The molecule has 1 aliphatic carbocycles. The molecule has 2 rings (SSSR count). The smallest absolute Gasteiger partial charge is 0.0971 e. The molecular weight excluding hydrogens is 204 g/mol. The van der Waals surface area contributed by atoms with Gasteiger partial charge in [0.1, 0.15) is 0 Å². The van der Waals surface area contributed by atoms with E-state index in [0.29, 0.717) is 0 Å². The van der Waals surface area contributed by atoms with Crippen molar-refractivity contribution < 1.29 is 9.47 Å². The second-order valence-electron chi connectivity index (χ2n) is 5.31. The highest BCUT2D eigenvalue weighted by atomic mass is 16.5. The van der Waals surface area contributed by atoms with Crippen LogP contribution in [0, 0.1) is 0 Å². The van der Waals surface area contributed by atoms with Gasteiger partial charge in [-0.3, -0.25) is 4.90 Å². The van der Waals surface area contributed by atoms with E-state index >= 15 is 0 Å². The lowest BCUT2D eigenvalue weighted by Crippen LogP contribution is -2.47. The number of likely N-dealkylation sites (tertiary alicyclic amines) is 1. The Morgan fingerprint density at radius 3 is 2.06 bits per heavy atom. The van der Waals surface area contributed by atoms with Gasteiger partial charge in [-0.2, -0.15) is 0 Å². The summed E-state index contributed by atoms with van der Waals surface area (Å²) in [5, 5.41) is 0. The maximum Gasteiger partial charge on any atom is 0.0971 e. The van der Waals surface area contributed by atoms with Crippen molar-refractivity contribution >= 4 is 0 Å². The average molecular weight is 228 g/mol. The molecule has 4 nitrogen and oxygen atoms in total. The molecule has 2 fully saturated rings. The van der Waals surface area contributed by atoms with Gasteiger partial charge >= 0.3 is 0 Å². The predicted octanol–water partition coefficient (Wildman–Crippen LogP) is 0.603. The summed E-state index contributed by atoms with van der Waals surface area (Å²) in [6.45, 7) is 2.90. The standard InChI is InChI=1S/C12H24N2O2/c1-15-10-7-14(8-11(10)16-2)9-12(13)5-3-4-6-12/h10-11H,3-9,13H2,1-2H3. The Bertz CT molecular complexity index is 217. The summed E-state index contributed by atoms with van der Waals surface area (Å²) in [6, 6.07) is 0. The molecule has 2 aliphatic rings. The van der Waals surface area contributed by atoms with Crippen LogP contribution in [0.3, 0.4) is 0 Å². The van der Waals surface area contributed by atoms with Gasteiger partial charge in [0.05, 0.1) is 12.2 Å². The maximum absolute atomic E-state index is 6.39. The molecule has 0 radical (unpaired) electrons. The first-order valence-corrected chi connectivity index (χ1v) is 6.24. The van der Waals surface area contributed by atoms with E-state index in [1.165, 1.54) is 25.7 Å². The van der Waals surface area contributed by atoms with Gasteiger partial charge in [-0.15, -0.1) is 0 Å². The Kier molecular flexibility index (Phi) is 3.85. The van der Waals surface area contributed by atoms with Gasteiger partial charge in [0, 0.05) is 39.4 Å². The Morgan fingerprint density at radius 2 is 1.62 bits per heavy atom. The van der Waals surface area contributed by atoms with Gasteiger partial charge < -0.3 is 15.2 Å². The second kappa shape index (κ2) is 5.00. The van der Waals surface area contributed by atoms with Gasteiger partial charge in [-0.25, -0.2) is 0 Å². The fourth-order valence-corrected chi connectivity index (χ4v) is 3.08. The topological polar surface area (TPSA) is 47.7 Å². The molecule has 1 aliphatic heterocycles. The minimum absolute atomic E-state index is 0.0426. The molecule has 16 heavy (non-hydrogen) atoms. The van der Waals surface area contributed by atoms with E-state index in [1.807, 2.05) is 0 Å². The minimum atomic E-state index is 0.0426. The van der Waals surface area contributed by atoms with Crippen LogP contribution in [0.2, 0.25) is 0 Å². The lowest BCUT2D eigenvalue weighted by atomic mass is 9.99. The number of nitrogens with zero attached hydrogens (tertiary/aromatic N) is 1. The van der Waals surface area contributed by atoms with E-state index in [9.17, 15) is 0 Å². The molecule has 1 saturated carbocycles. The molecule has 0 aromatic rings. The van der Waals surface area contributed by atoms with Gasteiger partial charge in [0.25, 0.3) is 0 Å². The van der Waals surface area contributed by atoms with E-state index < -0.39 is 0 Å². The monoisotopic (exact) mass is 228 g/mol. The molecule has 0 bridgehead atoms. The third-order valence-electron chi connectivity index (χ3n) is 4.03. The van der Waals surface area contributed by atoms with Crippen LogP contribution in [0.5, 0.6) is 0 Å². The molecule has 1 heterocycles. The van der Waals surface area contributed by atoms with Crippen LogP contribution in [0.25, 0.3) is 0 Å². The maximum atomic E-state index is 6.39. The van der Waals surface area contributed by atoms with E-state index in [2.05, 4.69) is 4.90 Å². The predicted molar refractivity (Wildman–Crippen MR) is 63.4 cm³/mol. The van der Waals surface area contributed by atoms with E-state index in [4.69, 9.17) is 15.2 Å². The molecule has 2 atom stereocenters. The molecule has 2 unspecified atom stereocenters. The van der Waals surface area contributed by atoms with Gasteiger partial charge in [-0.05, 0) is 12.8 Å². The second-order valence-corrected chi connectivity index (χ2v) is 5.31. The average Bonchev–Trinajstić information content (AvgIpc) is 2.85. The Morgan fingerprint density at radius 1 is 1.12 bits per heavy atom. The molecule has 0 amide bonds. The molecule has 94 valence electrons. The van der Waals surface area contributed by atoms with Gasteiger partial charge in [0.2, 0.25) is 0 Å². The van der Waals surface area contributed by atoms with Crippen molar-refractivity contribution in [1.29, 1.82) is 0 Å². The Balaban J connectivity index is 1.87. The number of ether oxygens (including phenoxy) is 2. The SMILES string of the molecule is COC1CN(CC2(N)CCCC2)CC1OC. The molecule has 0 spiro atoms. The first kappa shape index (κ1) is 12.3. The molecule has 1 saturated heterocycles. The highest BCUT2D eigenvalue weighted by molar-refractivity contribution is 4.96. The lowest BCUT2D eigenvalue weighted by molar-refractivity contribution is -0.00461. The summed E-state index contributed by atoms with van der Waals surface area (Å²) in [4.78, 5) is 2.40. The van der Waals surface area contributed by atoms with Crippen molar-refractivity contribution in [1.82, 2.24) is 4.90 Å². The van der Waals surface area contributed by atoms with Crippen molar-refractivity contribution in [3.8, 4) is 0 Å². The highest BCUT2D eigenvalue weighted by Gasteiger charge is 2.38. The van der Waals surface area contributed by atoms with Gasteiger partial charge in [-0.1, -0.05) is 12.8 Å². The van der Waals surface area contributed by atoms with Crippen LogP contribution in [0.4, 0.5) is 0 Å². The molecule has 2 N–H and O–H groups in total. The zero-order valence-electron chi connectivity index (χ0n) is 10.4. The van der Waals surface area contributed by atoms with Crippen molar-refractivity contribution in [3.63, 3.8) is 0 Å². The van der Waals surface area contributed by atoms with Crippen molar-refractivity contribution in [3.05, 3.63) is 0 Å². The third kappa shape index (κ3) is 2.56. The largest absolute Gasteiger partial charge is 0.377 e. The van der Waals surface area contributed by atoms with Crippen LogP contribution in [-0.4, -0.2) is 56.5 Å². The lowest BCUT2D eigenvalue weighted by Gasteiger charge is -2.29. The minimum Gasteiger partial charge on any atom is -0.377 e. The number of hydrogen-bond acceptors (Lipinski definition) is 4. The summed E-state index contributed by atoms with van der Waals surface area (Å²) < 4.78 is 10.9. The van der Waals surface area contributed by atoms with Crippen LogP contribution in [-0.2, 0) is 9.47 Å². The molecular formula is C12H24N2O2. The molecule has 0 aromatic heterocycles. The number of nitrogens with two attached hydrogens (primary N) is 1. The number of hydrogen-bond donors (Lipinski definition) is 1. The fraction of sp³-hybridized carbons (Fsp3) is 1.00. The molecule has 4 heteroatoms. The normalized spacial score (nSPS) is 34.7. The summed E-state index contributed by atoms with van der Waals surface area (Å²) >= 11 is 0. The number of rotatable bonds is 4. The highest BCUT2D eigenvalue weighted by Crippen LogP contribution is 2.29. The summed E-state index contributed by atoms with van der Waals surface area (Å²) in [5.41, 5.74) is 6.43. The van der Waals surface area contributed by atoms with E-state index in [-0.39, 0.29) is 17.7 Å². The summed E-state index contributed by atoms with van der Waals surface area (Å²) in [7, 11) is 3.52. The van der Waals surface area contributed by atoms with Crippen LogP contribution in [0.1, 0.15) is 25.7 Å². The first-order valence-electron chi connectivity index (χ1n) is 6.24. The fourth-order valence-electron chi connectivity index (χ4n) is 3.08. The number of methoxy groups -OCH3 is 2. The quantitative estimate of drug-likeness (QED) is 0.765. The first-order chi connectivity index (χ1) is 7.67. The zero-order chi connectivity index (χ0) is 11.6. The Labute approximate surface area is 98.1 Å². The van der Waals surface area contributed by atoms with Crippen LogP contribution < -0.4 is 5.73 Å². The summed E-state index contributed by atoms with van der Waals surface area (Å²) in [5.74, 6) is 0. The van der Waals surface area contributed by atoms with Crippen molar-refractivity contribution in [2.75, 3.05) is 33.9 Å². The zero-order valence-corrected chi connectivity index (χ0v) is 10.4. The molecule has 0 aromatic carbocycles. The third-order valence-corrected chi connectivity index (χ3v) is 4.03. The van der Waals surface area contributed by atoms with Crippen LogP contribution >= 0.6 is 0 Å². The Hall–Kier alpha value is -0.160.